The normalized spacial score (nSPS) is 16.6. The van der Waals surface area contributed by atoms with E-state index >= 15 is 0 Å². The van der Waals surface area contributed by atoms with Gasteiger partial charge in [0.05, 0.1) is 4.88 Å². The van der Waals surface area contributed by atoms with Crippen LogP contribution in [-0.2, 0) is 11.3 Å². The largest absolute Gasteiger partial charge is 0.381 e. The van der Waals surface area contributed by atoms with Crippen LogP contribution in [0.25, 0.3) is 21.9 Å². The SMILES string of the molecule is c1csc(-c2nc3cccnc3n2CC2CCOCC2)c1. The van der Waals surface area contributed by atoms with E-state index in [0.29, 0.717) is 5.92 Å². The van der Waals surface area contributed by atoms with E-state index in [1.54, 1.807) is 11.3 Å². The number of thiophene rings is 1. The summed E-state index contributed by atoms with van der Waals surface area (Å²) < 4.78 is 7.76. The highest BCUT2D eigenvalue weighted by Crippen LogP contribution is 2.29. The Morgan fingerprint density at radius 1 is 1.24 bits per heavy atom. The predicted octanol–water partition coefficient (Wildman–Crippen LogP) is 3.59. The first kappa shape index (κ1) is 13.0. The van der Waals surface area contributed by atoms with E-state index in [-0.39, 0.29) is 0 Å². The fourth-order valence-electron chi connectivity index (χ4n) is 2.91. The minimum Gasteiger partial charge on any atom is -0.381 e. The highest BCUT2D eigenvalue weighted by atomic mass is 32.1. The fraction of sp³-hybridized carbons (Fsp3) is 0.375. The lowest BCUT2D eigenvalue weighted by molar-refractivity contribution is 0.0617. The van der Waals surface area contributed by atoms with Crippen LogP contribution < -0.4 is 0 Å². The number of ether oxygens (including phenoxy) is 1. The van der Waals surface area contributed by atoms with E-state index in [2.05, 4.69) is 27.1 Å². The highest BCUT2D eigenvalue weighted by Gasteiger charge is 2.20. The number of rotatable bonds is 3. The number of pyridine rings is 1. The smallest absolute Gasteiger partial charge is 0.160 e. The van der Waals surface area contributed by atoms with Gasteiger partial charge in [-0.3, -0.25) is 0 Å². The van der Waals surface area contributed by atoms with E-state index < -0.39 is 0 Å². The average molecular weight is 299 g/mol. The maximum atomic E-state index is 5.47. The number of nitrogens with zero attached hydrogens (tertiary/aromatic N) is 3. The van der Waals surface area contributed by atoms with E-state index in [4.69, 9.17) is 9.72 Å². The van der Waals surface area contributed by atoms with Crippen molar-refractivity contribution in [1.82, 2.24) is 14.5 Å². The molecule has 1 aliphatic heterocycles. The minimum absolute atomic E-state index is 0.650. The summed E-state index contributed by atoms with van der Waals surface area (Å²) >= 11 is 1.73. The van der Waals surface area contributed by atoms with E-state index in [9.17, 15) is 0 Å². The monoisotopic (exact) mass is 299 g/mol. The van der Waals surface area contributed by atoms with Crippen LogP contribution in [0.4, 0.5) is 0 Å². The van der Waals surface area contributed by atoms with Gasteiger partial charge in [-0.2, -0.15) is 0 Å². The van der Waals surface area contributed by atoms with Gasteiger partial charge in [0.2, 0.25) is 0 Å². The van der Waals surface area contributed by atoms with Crippen molar-refractivity contribution in [3.8, 4) is 10.7 Å². The number of hydrogen-bond acceptors (Lipinski definition) is 4. The van der Waals surface area contributed by atoms with Crippen LogP contribution >= 0.6 is 11.3 Å². The number of imidazole rings is 1. The summed E-state index contributed by atoms with van der Waals surface area (Å²) in [6.45, 7) is 2.72. The van der Waals surface area contributed by atoms with E-state index in [0.717, 1.165) is 49.6 Å². The molecule has 5 heteroatoms. The number of hydrogen-bond donors (Lipinski definition) is 0. The molecule has 0 bridgehead atoms. The topological polar surface area (TPSA) is 39.9 Å². The van der Waals surface area contributed by atoms with Gasteiger partial charge in [0.15, 0.2) is 11.5 Å². The molecule has 1 saturated heterocycles. The van der Waals surface area contributed by atoms with Gasteiger partial charge in [-0.25, -0.2) is 9.97 Å². The van der Waals surface area contributed by atoms with E-state index in [1.165, 1.54) is 4.88 Å². The second-order valence-electron chi connectivity index (χ2n) is 5.43. The van der Waals surface area contributed by atoms with Crippen LogP contribution in [0.15, 0.2) is 35.8 Å². The average Bonchev–Trinajstić information content (AvgIpc) is 3.16. The van der Waals surface area contributed by atoms with Crippen molar-refractivity contribution in [3.05, 3.63) is 35.8 Å². The zero-order valence-electron chi connectivity index (χ0n) is 11.7. The zero-order chi connectivity index (χ0) is 14.1. The molecule has 1 aliphatic rings. The van der Waals surface area contributed by atoms with Gasteiger partial charge in [-0.05, 0) is 42.3 Å². The molecule has 4 heterocycles. The van der Waals surface area contributed by atoms with Crippen LogP contribution in [0.3, 0.4) is 0 Å². The van der Waals surface area contributed by atoms with Gasteiger partial charge in [0, 0.05) is 26.0 Å². The molecule has 1 fully saturated rings. The third-order valence-corrected chi connectivity index (χ3v) is 4.89. The Bertz CT molecular complexity index is 729. The lowest BCUT2D eigenvalue weighted by Crippen LogP contribution is -2.20. The van der Waals surface area contributed by atoms with E-state index in [1.807, 2.05) is 18.3 Å². The molecule has 0 aliphatic carbocycles. The van der Waals surface area contributed by atoms with Gasteiger partial charge in [0.1, 0.15) is 5.52 Å². The highest BCUT2D eigenvalue weighted by molar-refractivity contribution is 7.13. The molecule has 0 amide bonds. The molecule has 4 rings (SSSR count). The lowest BCUT2D eigenvalue weighted by Gasteiger charge is -2.23. The third-order valence-electron chi connectivity index (χ3n) is 4.03. The molecule has 0 saturated carbocycles. The van der Waals surface area contributed by atoms with Crippen molar-refractivity contribution < 1.29 is 4.74 Å². The quantitative estimate of drug-likeness (QED) is 0.742. The summed E-state index contributed by atoms with van der Waals surface area (Å²) in [5.74, 6) is 1.70. The molecule has 4 nitrogen and oxygen atoms in total. The molecule has 0 N–H and O–H groups in total. The zero-order valence-corrected chi connectivity index (χ0v) is 12.6. The minimum atomic E-state index is 0.650. The maximum absolute atomic E-state index is 5.47. The van der Waals surface area contributed by atoms with Crippen molar-refractivity contribution in [3.63, 3.8) is 0 Å². The molecule has 21 heavy (non-hydrogen) atoms. The van der Waals surface area contributed by atoms with Gasteiger partial charge < -0.3 is 9.30 Å². The Morgan fingerprint density at radius 3 is 2.95 bits per heavy atom. The summed E-state index contributed by atoms with van der Waals surface area (Å²) in [5, 5.41) is 2.10. The Morgan fingerprint density at radius 2 is 2.14 bits per heavy atom. The molecule has 0 aromatic carbocycles. The van der Waals surface area contributed by atoms with Crippen LogP contribution in [0.2, 0.25) is 0 Å². The number of fused-ring (bicyclic) bond motifs is 1. The first-order valence-electron chi connectivity index (χ1n) is 7.35. The standard InChI is InChI=1S/C16H17N3OS/c1-3-13-15(17-7-1)19(11-12-5-8-20-9-6-12)16(18-13)14-4-2-10-21-14/h1-4,7,10,12H,5-6,8-9,11H2. The van der Waals surface area contributed by atoms with Gasteiger partial charge in [-0.15, -0.1) is 11.3 Å². The summed E-state index contributed by atoms with van der Waals surface area (Å²) in [4.78, 5) is 10.6. The predicted molar refractivity (Wildman–Crippen MR) is 84.4 cm³/mol. The van der Waals surface area contributed by atoms with Crippen molar-refractivity contribution >= 4 is 22.5 Å². The Hall–Kier alpha value is -1.72. The summed E-state index contributed by atoms with van der Waals surface area (Å²) in [7, 11) is 0. The van der Waals surface area contributed by atoms with Crippen LogP contribution in [-0.4, -0.2) is 27.7 Å². The van der Waals surface area contributed by atoms with Crippen LogP contribution in [0.5, 0.6) is 0 Å². The fourth-order valence-corrected chi connectivity index (χ4v) is 3.63. The van der Waals surface area contributed by atoms with Gasteiger partial charge >= 0.3 is 0 Å². The maximum Gasteiger partial charge on any atom is 0.160 e. The van der Waals surface area contributed by atoms with Crippen molar-refractivity contribution in [2.45, 2.75) is 19.4 Å². The summed E-state index contributed by atoms with van der Waals surface area (Å²) in [6, 6.07) is 8.20. The van der Waals surface area contributed by atoms with Crippen LogP contribution in [0, 0.1) is 5.92 Å². The Labute approximate surface area is 127 Å². The molecular weight excluding hydrogens is 282 g/mol. The molecule has 3 aromatic heterocycles. The Kier molecular flexibility index (Phi) is 3.45. The molecule has 108 valence electrons. The molecule has 3 aromatic rings. The Balaban J connectivity index is 1.78. The first-order chi connectivity index (χ1) is 10.4. The molecule has 0 unspecified atom stereocenters. The second kappa shape index (κ2) is 5.58. The van der Waals surface area contributed by atoms with Gasteiger partial charge in [-0.1, -0.05) is 6.07 Å². The third kappa shape index (κ3) is 2.47. The summed E-state index contributed by atoms with van der Waals surface area (Å²) in [6.07, 6.45) is 4.09. The van der Waals surface area contributed by atoms with Gasteiger partial charge in [0.25, 0.3) is 0 Å². The molecule has 0 spiro atoms. The summed E-state index contributed by atoms with van der Waals surface area (Å²) in [5.41, 5.74) is 1.97. The number of aromatic nitrogens is 3. The van der Waals surface area contributed by atoms with Crippen LogP contribution in [0.1, 0.15) is 12.8 Å². The first-order valence-corrected chi connectivity index (χ1v) is 8.22. The molecule has 0 atom stereocenters. The lowest BCUT2D eigenvalue weighted by atomic mass is 10.0. The second-order valence-corrected chi connectivity index (χ2v) is 6.37. The van der Waals surface area contributed by atoms with Crippen molar-refractivity contribution in [1.29, 1.82) is 0 Å². The molecular formula is C16H17N3OS. The van der Waals surface area contributed by atoms with Crippen molar-refractivity contribution in [2.75, 3.05) is 13.2 Å². The van der Waals surface area contributed by atoms with Crippen molar-refractivity contribution in [2.24, 2.45) is 5.92 Å². The molecule has 0 radical (unpaired) electrons.